The zero-order chi connectivity index (χ0) is 21.2. The van der Waals surface area contributed by atoms with Crippen LogP contribution < -0.4 is 11.1 Å². The summed E-state index contributed by atoms with van der Waals surface area (Å²) in [4.78, 5) is 4.43. The summed E-state index contributed by atoms with van der Waals surface area (Å²) in [6.45, 7) is 0. The normalized spacial score (nSPS) is 22.8. The maximum atomic E-state index is 6.24. The predicted molar refractivity (Wildman–Crippen MR) is 126 cm³/mol. The van der Waals surface area contributed by atoms with E-state index in [4.69, 9.17) is 15.2 Å². The second-order valence-electron chi connectivity index (χ2n) is 8.93. The Morgan fingerprint density at radius 1 is 1.09 bits per heavy atom. The first-order valence-corrected chi connectivity index (χ1v) is 11.8. The minimum absolute atomic E-state index is 0.397. The average molecular weight is 443 g/mol. The number of rotatable bonds is 3. The van der Waals surface area contributed by atoms with Gasteiger partial charge in [0.05, 0.1) is 16.9 Å². The topological polar surface area (TPSA) is 94.8 Å². The van der Waals surface area contributed by atoms with Gasteiger partial charge in [-0.2, -0.15) is 9.47 Å². The lowest BCUT2D eigenvalue weighted by molar-refractivity contribution is 0.281. The second-order valence-corrected chi connectivity index (χ2v) is 9.73. The number of nitrogens with two attached hydrogens (primary N) is 1. The van der Waals surface area contributed by atoms with Crippen molar-refractivity contribution < 1.29 is 4.42 Å². The number of hydrogen-bond donors (Lipinski definition) is 2. The molecule has 7 nitrogen and oxygen atoms in total. The summed E-state index contributed by atoms with van der Waals surface area (Å²) in [5, 5.41) is 10.5. The van der Waals surface area contributed by atoms with E-state index < -0.39 is 0 Å². The fraction of sp³-hybridized carbons (Fsp3) is 0.292. The lowest BCUT2D eigenvalue weighted by atomic mass is 10.00. The summed E-state index contributed by atoms with van der Waals surface area (Å²) in [6.07, 6.45) is 12.6. The molecule has 2 aliphatic heterocycles. The molecule has 7 rings (SSSR count). The standard InChI is InChI=1S/C24H22N6OS/c25-24-22-19(8-21(31-22)18-3-1-2-13-10-28-32-23(13)18)20(11-26-24)14-9-27-30(12-14)17-6-15-4-5-16(7-17)29-15/h1-3,8-12,15-17,29H,4-7H2,(H2,25,26)/t15-,16+,17-. The van der Waals surface area contributed by atoms with Crippen LogP contribution in [0.5, 0.6) is 0 Å². The SMILES string of the molecule is Nc1ncc(-c2cnn([C@@H]3C[C@H]4CC[C@@H](C3)N4)c2)c2cc(-c3cccc4cnsc34)oc12. The molecule has 5 aromatic rings. The van der Waals surface area contributed by atoms with Crippen LogP contribution >= 0.6 is 11.5 Å². The number of nitrogens with one attached hydrogen (secondary N) is 1. The molecule has 0 spiro atoms. The first-order valence-electron chi connectivity index (χ1n) is 11.1. The number of piperidine rings is 1. The highest BCUT2D eigenvalue weighted by molar-refractivity contribution is 7.13. The van der Waals surface area contributed by atoms with E-state index in [1.54, 1.807) is 0 Å². The van der Waals surface area contributed by atoms with Crippen molar-refractivity contribution in [1.82, 2.24) is 24.5 Å². The van der Waals surface area contributed by atoms with Gasteiger partial charge in [-0.25, -0.2) is 4.98 Å². The quantitative estimate of drug-likeness (QED) is 0.408. The van der Waals surface area contributed by atoms with Crippen molar-refractivity contribution in [2.75, 3.05) is 5.73 Å². The van der Waals surface area contributed by atoms with Gasteiger partial charge in [0.25, 0.3) is 0 Å². The minimum Gasteiger partial charge on any atom is -0.452 e. The van der Waals surface area contributed by atoms with Crippen molar-refractivity contribution in [2.45, 2.75) is 43.8 Å². The molecule has 4 aromatic heterocycles. The minimum atomic E-state index is 0.397. The fourth-order valence-corrected chi connectivity index (χ4v) is 6.18. The molecule has 2 fully saturated rings. The molecule has 3 atom stereocenters. The number of hydrogen-bond acceptors (Lipinski definition) is 7. The third kappa shape index (κ3) is 2.79. The molecule has 0 amide bonds. The van der Waals surface area contributed by atoms with Crippen LogP contribution in [0.15, 0.2) is 53.5 Å². The lowest BCUT2D eigenvalue weighted by Gasteiger charge is -2.29. The second kappa shape index (κ2) is 6.88. The molecule has 0 saturated carbocycles. The van der Waals surface area contributed by atoms with Crippen molar-refractivity contribution in [3.05, 3.63) is 49.1 Å². The molecular weight excluding hydrogens is 420 g/mol. The molecule has 2 aliphatic rings. The van der Waals surface area contributed by atoms with Crippen LogP contribution in [0.25, 0.3) is 43.5 Å². The Bertz CT molecular complexity index is 1450. The summed E-state index contributed by atoms with van der Waals surface area (Å²) < 4.78 is 13.8. The summed E-state index contributed by atoms with van der Waals surface area (Å²) in [5.41, 5.74) is 9.87. The smallest absolute Gasteiger partial charge is 0.177 e. The van der Waals surface area contributed by atoms with E-state index in [1.165, 1.54) is 24.4 Å². The van der Waals surface area contributed by atoms with Crippen molar-refractivity contribution in [2.24, 2.45) is 0 Å². The summed E-state index contributed by atoms with van der Waals surface area (Å²) in [6, 6.07) is 9.92. The third-order valence-corrected chi connectivity index (χ3v) is 7.82. The van der Waals surface area contributed by atoms with Gasteiger partial charge >= 0.3 is 0 Å². The van der Waals surface area contributed by atoms with Crippen LogP contribution in [-0.4, -0.2) is 31.2 Å². The van der Waals surface area contributed by atoms with Gasteiger partial charge in [0.1, 0.15) is 5.76 Å². The zero-order valence-corrected chi connectivity index (χ0v) is 18.2. The number of nitrogen functional groups attached to an aromatic ring is 1. The van der Waals surface area contributed by atoms with Crippen LogP contribution in [0.4, 0.5) is 5.82 Å². The molecule has 2 bridgehead atoms. The van der Waals surface area contributed by atoms with Crippen LogP contribution in [0.2, 0.25) is 0 Å². The number of furan rings is 1. The van der Waals surface area contributed by atoms with E-state index in [0.29, 0.717) is 29.5 Å². The van der Waals surface area contributed by atoms with Gasteiger partial charge in [0.15, 0.2) is 11.4 Å². The summed E-state index contributed by atoms with van der Waals surface area (Å²) in [7, 11) is 0. The molecule has 32 heavy (non-hydrogen) atoms. The first-order chi connectivity index (χ1) is 15.7. The van der Waals surface area contributed by atoms with Crippen molar-refractivity contribution in [1.29, 1.82) is 0 Å². The number of anilines is 1. The Morgan fingerprint density at radius 3 is 2.84 bits per heavy atom. The van der Waals surface area contributed by atoms with Gasteiger partial charge in [0.2, 0.25) is 0 Å². The van der Waals surface area contributed by atoms with Gasteiger partial charge < -0.3 is 15.5 Å². The van der Waals surface area contributed by atoms with Crippen molar-refractivity contribution in [3.8, 4) is 22.5 Å². The average Bonchev–Trinajstić information content (AvgIpc) is 3.60. The third-order valence-electron chi connectivity index (χ3n) is 6.97. The van der Waals surface area contributed by atoms with Crippen LogP contribution in [0.1, 0.15) is 31.7 Å². The highest BCUT2D eigenvalue weighted by atomic mass is 32.1. The van der Waals surface area contributed by atoms with Crippen LogP contribution in [0, 0.1) is 0 Å². The Hall–Kier alpha value is -3.23. The molecule has 8 heteroatoms. The van der Waals surface area contributed by atoms with E-state index in [2.05, 4.69) is 43.8 Å². The number of nitrogens with zero attached hydrogens (tertiary/aromatic N) is 4. The fourth-order valence-electron chi connectivity index (χ4n) is 5.41. The van der Waals surface area contributed by atoms with Crippen LogP contribution in [-0.2, 0) is 0 Å². The van der Waals surface area contributed by atoms with Gasteiger partial charge in [-0.1, -0.05) is 12.1 Å². The zero-order valence-electron chi connectivity index (χ0n) is 17.4. The molecule has 0 unspecified atom stereocenters. The van der Waals surface area contributed by atoms with Crippen LogP contribution in [0.3, 0.4) is 0 Å². The highest BCUT2D eigenvalue weighted by Crippen LogP contribution is 2.40. The van der Waals surface area contributed by atoms with E-state index in [9.17, 15) is 0 Å². The molecule has 3 N–H and O–H groups in total. The van der Waals surface area contributed by atoms with E-state index in [0.717, 1.165) is 50.8 Å². The Balaban J connectivity index is 1.31. The number of pyridine rings is 1. The van der Waals surface area contributed by atoms with Crippen molar-refractivity contribution >= 4 is 38.4 Å². The monoisotopic (exact) mass is 442 g/mol. The number of aromatic nitrogens is 4. The molecule has 160 valence electrons. The van der Waals surface area contributed by atoms with Crippen molar-refractivity contribution in [3.63, 3.8) is 0 Å². The largest absolute Gasteiger partial charge is 0.452 e. The highest BCUT2D eigenvalue weighted by Gasteiger charge is 2.34. The molecule has 1 aromatic carbocycles. The molecular formula is C24H22N6OS. The maximum Gasteiger partial charge on any atom is 0.177 e. The van der Waals surface area contributed by atoms with E-state index >= 15 is 0 Å². The Morgan fingerprint density at radius 2 is 1.97 bits per heavy atom. The van der Waals surface area contributed by atoms with Gasteiger partial charge in [-0.3, -0.25) is 4.68 Å². The number of fused-ring (bicyclic) bond motifs is 4. The molecule has 6 heterocycles. The van der Waals surface area contributed by atoms with E-state index in [1.807, 2.05) is 24.7 Å². The number of benzene rings is 1. The predicted octanol–water partition coefficient (Wildman–Crippen LogP) is 5.01. The summed E-state index contributed by atoms with van der Waals surface area (Å²) in [5.74, 6) is 1.17. The summed E-state index contributed by atoms with van der Waals surface area (Å²) >= 11 is 1.47. The molecule has 0 radical (unpaired) electrons. The Labute approximate surface area is 188 Å². The van der Waals surface area contributed by atoms with E-state index in [-0.39, 0.29) is 0 Å². The first kappa shape index (κ1) is 18.4. The maximum absolute atomic E-state index is 6.24. The van der Waals surface area contributed by atoms with Gasteiger partial charge in [0, 0.05) is 58.1 Å². The lowest BCUT2D eigenvalue weighted by Crippen LogP contribution is -2.38. The van der Waals surface area contributed by atoms with Gasteiger partial charge in [-0.15, -0.1) is 0 Å². The van der Waals surface area contributed by atoms with Gasteiger partial charge in [-0.05, 0) is 49.3 Å². The molecule has 0 aliphatic carbocycles. The molecule has 2 saturated heterocycles. The Kier molecular flexibility index (Phi) is 3.95.